The maximum Gasteiger partial charge on any atom is 0.328 e. The maximum atomic E-state index is 12.6. The fraction of sp³-hybridized carbons (Fsp3) is 0.429. The zero-order valence-corrected chi connectivity index (χ0v) is 15.2. The van der Waals surface area contributed by atoms with Crippen LogP contribution in [0.4, 0.5) is 0 Å². The molecule has 2 aliphatic heterocycles. The molecule has 3 heterocycles. The Morgan fingerprint density at radius 3 is 3.00 bits per heavy atom. The minimum atomic E-state index is -0.537. The zero-order chi connectivity index (χ0) is 18.6. The average Bonchev–Trinajstić information content (AvgIpc) is 3.39. The highest BCUT2D eigenvalue weighted by Gasteiger charge is 2.34. The lowest BCUT2D eigenvalue weighted by atomic mass is 10.0. The highest BCUT2D eigenvalue weighted by atomic mass is 16.5. The summed E-state index contributed by atoms with van der Waals surface area (Å²) in [5.41, 5.74) is 2.33. The van der Waals surface area contributed by atoms with Crippen molar-refractivity contribution in [3.05, 3.63) is 53.5 Å². The van der Waals surface area contributed by atoms with E-state index >= 15 is 0 Å². The van der Waals surface area contributed by atoms with Crippen LogP contribution in [0.15, 0.2) is 41.0 Å². The van der Waals surface area contributed by atoms with E-state index in [9.17, 15) is 9.59 Å². The number of likely N-dealkylation sites (tertiary alicyclic amines) is 1. The number of hydrogen-bond donors (Lipinski definition) is 0. The number of rotatable bonds is 5. The first-order chi connectivity index (χ1) is 13.2. The first-order valence-electron chi connectivity index (χ1n) is 9.48. The van der Waals surface area contributed by atoms with Gasteiger partial charge in [-0.05, 0) is 48.6 Å². The number of ether oxygens (including phenoxy) is 2. The molecule has 1 fully saturated rings. The molecule has 0 radical (unpaired) electrons. The largest absolute Gasteiger partial charge is 0.493 e. The fourth-order valence-corrected chi connectivity index (χ4v) is 3.72. The van der Waals surface area contributed by atoms with E-state index in [1.54, 1.807) is 17.0 Å². The van der Waals surface area contributed by atoms with Crippen LogP contribution in [0.5, 0.6) is 5.75 Å². The number of fused-ring (bicyclic) bond motifs is 1. The van der Waals surface area contributed by atoms with E-state index in [0.717, 1.165) is 37.2 Å². The third kappa shape index (κ3) is 3.84. The third-order valence-corrected chi connectivity index (χ3v) is 5.16. The summed E-state index contributed by atoms with van der Waals surface area (Å²) < 4.78 is 16.2. The second-order valence-corrected chi connectivity index (χ2v) is 6.95. The molecule has 0 spiro atoms. The summed E-state index contributed by atoms with van der Waals surface area (Å²) in [4.78, 5) is 26.8. The molecule has 6 nitrogen and oxygen atoms in total. The first-order valence-corrected chi connectivity index (χ1v) is 9.48. The van der Waals surface area contributed by atoms with Crippen molar-refractivity contribution >= 4 is 11.9 Å². The van der Waals surface area contributed by atoms with Gasteiger partial charge in [0.05, 0.1) is 19.5 Å². The van der Waals surface area contributed by atoms with Crippen LogP contribution in [-0.4, -0.2) is 42.6 Å². The molecule has 1 atom stereocenters. The Morgan fingerprint density at radius 2 is 2.15 bits per heavy atom. The lowest BCUT2D eigenvalue weighted by Crippen LogP contribution is -2.48. The van der Waals surface area contributed by atoms with Gasteiger partial charge in [-0.3, -0.25) is 4.79 Å². The fourth-order valence-electron chi connectivity index (χ4n) is 3.72. The van der Waals surface area contributed by atoms with Gasteiger partial charge in [0.25, 0.3) is 5.91 Å². The lowest BCUT2D eigenvalue weighted by Gasteiger charge is -2.33. The molecule has 1 aromatic carbocycles. The highest BCUT2D eigenvalue weighted by Crippen LogP contribution is 2.26. The van der Waals surface area contributed by atoms with Crippen molar-refractivity contribution in [1.29, 1.82) is 0 Å². The van der Waals surface area contributed by atoms with Crippen molar-refractivity contribution in [2.24, 2.45) is 0 Å². The third-order valence-electron chi connectivity index (χ3n) is 5.16. The molecule has 0 aliphatic carbocycles. The van der Waals surface area contributed by atoms with Crippen molar-refractivity contribution in [3.8, 4) is 5.75 Å². The predicted molar refractivity (Wildman–Crippen MR) is 97.7 cm³/mol. The van der Waals surface area contributed by atoms with Crippen LogP contribution in [0.1, 0.15) is 40.9 Å². The zero-order valence-electron chi connectivity index (χ0n) is 15.2. The van der Waals surface area contributed by atoms with E-state index in [-0.39, 0.29) is 17.6 Å². The van der Waals surface area contributed by atoms with Crippen molar-refractivity contribution < 1.29 is 23.5 Å². The molecular weight excluding hydrogens is 346 g/mol. The molecular formula is C21H23NO5. The van der Waals surface area contributed by atoms with Crippen LogP contribution in [0, 0.1) is 0 Å². The number of amides is 1. The van der Waals surface area contributed by atoms with E-state index in [1.165, 1.54) is 11.8 Å². The van der Waals surface area contributed by atoms with Crippen molar-refractivity contribution in [3.63, 3.8) is 0 Å². The Hall–Kier alpha value is -2.76. The molecule has 2 aromatic rings. The Kier molecular flexibility index (Phi) is 5.14. The first kappa shape index (κ1) is 17.6. The van der Waals surface area contributed by atoms with Crippen LogP contribution in [0.25, 0.3) is 0 Å². The Balaban J connectivity index is 1.34. The summed E-state index contributed by atoms with van der Waals surface area (Å²) in [6, 6.07) is 8.85. The van der Waals surface area contributed by atoms with E-state index in [4.69, 9.17) is 13.9 Å². The SMILES string of the molecule is O=C(OCCc1ccc2c(c1)CCO2)C1CCCCN1C(=O)c1ccco1. The average molecular weight is 369 g/mol. The molecule has 27 heavy (non-hydrogen) atoms. The van der Waals surface area contributed by atoms with Crippen LogP contribution >= 0.6 is 0 Å². The second kappa shape index (κ2) is 7.86. The maximum absolute atomic E-state index is 12.6. The quantitative estimate of drug-likeness (QED) is 0.758. The molecule has 0 bridgehead atoms. The molecule has 1 amide bonds. The Labute approximate surface area is 158 Å². The molecule has 0 N–H and O–H groups in total. The Bertz CT molecular complexity index is 814. The van der Waals surface area contributed by atoms with Crippen LogP contribution < -0.4 is 4.74 Å². The van der Waals surface area contributed by atoms with Gasteiger partial charge in [-0.15, -0.1) is 0 Å². The Morgan fingerprint density at radius 1 is 1.22 bits per heavy atom. The number of carbonyl (C=O) groups is 2. The van der Waals surface area contributed by atoms with Gasteiger partial charge >= 0.3 is 5.97 Å². The number of furan rings is 1. The topological polar surface area (TPSA) is 69.0 Å². The van der Waals surface area contributed by atoms with Crippen molar-refractivity contribution in [2.45, 2.75) is 38.1 Å². The van der Waals surface area contributed by atoms with Gasteiger partial charge in [-0.1, -0.05) is 12.1 Å². The summed E-state index contributed by atoms with van der Waals surface area (Å²) in [5.74, 6) is 0.625. The molecule has 4 rings (SSSR count). The number of hydrogen-bond acceptors (Lipinski definition) is 5. The second-order valence-electron chi connectivity index (χ2n) is 6.95. The van der Waals surface area contributed by atoms with Gasteiger partial charge in [0, 0.05) is 19.4 Å². The highest BCUT2D eigenvalue weighted by molar-refractivity contribution is 5.94. The summed E-state index contributed by atoms with van der Waals surface area (Å²) in [6.07, 6.45) is 5.46. The van der Waals surface area contributed by atoms with Gasteiger partial charge in [0.1, 0.15) is 11.8 Å². The lowest BCUT2D eigenvalue weighted by molar-refractivity contribution is -0.150. The van der Waals surface area contributed by atoms with Crippen LogP contribution in [0.3, 0.4) is 0 Å². The smallest absolute Gasteiger partial charge is 0.328 e. The number of piperidine rings is 1. The minimum Gasteiger partial charge on any atom is -0.493 e. The standard InChI is InChI=1S/C21H23NO5/c23-20(19-5-3-11-25-19)22-10-2-1-4-17(22)21(24)27-12-8-15-6-7-18-16(14-15)9-13-26-18/h3,5-7,11,14,17H,1-2,4,8-10,12-13H2. The molecule has 1 unspecified atom stereocenters. The summed E-state index contributed by atoms with van der Waals surface area (Å²) in [6.45, 7) is 1.58. The van der Waals surface area contributed by atoms with E-state index in [0.29, 0.717) is 26.0 Å². The normalized spacial score (nSPS) is 18.7. The molecule has 1 aromatic heterocycles. The van der Waals surface area contributed by atoms with Gasteiger partial charge in [-0.25, -0.2) is 4.79 Å². The summed E-state index contributed by atoms with van der Waals surface area (Å²) in [7, 11) is 0. The molecule has 6 heteroatoms. The van der Waals surface area contributed by atoms with Crippen molar-refractivity contribution in [2.75, 3.05) is 19.8 Å². The van der Waals surface area contributed by atoms with Crippen molar-refractivity contribution in [1.82, 2.24) is 4.90 Å². The molecule has 0 saturated carbocycles. The molecule has 142 valence electrons. The monoisotopic (exact) mass is 369 g/mol. The number of nitrogens with zero attached hydrogens (tertiary/aromatic N) is 1. The number of esters is 1. The summed E-state index contributed by atoms with van der Waals surface area (Å²) >= 11 is 0. The van der Waals surface area contributed by atoms with Crippen LogP contribution in [-0.2, 0) is 22.4 Å². The summed E-state index contributed by atoms with van der Waals surface area (Å²) in [5, 5.41) is 0. The van der Waals surface area contributed by atoms with E-state index < -0.39 is 6.04 Å². The predicted octanol–water partition coefficient (Wildman–Crippen LogP) is 3.00. The van der Waals surface area contributed by atoms with Gasteiger partial charge in [0.15, 0.2) is 5.76 Å². The van der Waals surface area contributed by atoms with Gasteiger partial charge in [0.2, 0.25) is 0 Å². The number of carbonyl (C=O) groups excluding carboxylic acids is 2. The molecule has 2 aliphatic rings. The van der Waals surface area contributed by atoms with Gasteiger partial charge in [-0.2, -0.15) is 0 Å². The number of benzene rings is 1. The molecule has 1 saturated heterocycles. The minimum absolute atomic E-state index is 0.250. The van der Waals surface area contributed by atoms with E-state index in [2.05, 4.69) is 6.07 Å². The van der Waals surface area contributed by atoms with Crippen LogP contribution in [0.2, 0.25) is 0 Å². The van der Waals surface area contributed by atoms with E-state index in [1.807, 2.05) is 12.1 Å². The van der Waals surface area contributed by atoms with Gasteiger partial charge < -0.3 is 18.8 Å².